The van der Waals surface area contributed by atoms with Crippen molar-refractivity contribution >= 4 is 38.8 Å². The fourth-order valence-electron chi connectivity index (χ4n) is 4.75. The average Bonchev–Trinajstić information content (AvgIpc) is 2.98. The van der Waals surface area contributed by atoms with Crippen molar-refractivity contribution in [3.63, 3.8) is 0 Å². The highest BCUT2D eigenvalue weighted by atomic mass is 79.9. The van der Waals surface area contributed by atoms with Crippen LogP contribution in [0.1, 0.15) is 43.7 Å². The lowest BCUT2D eigenvalue weighted by atomic mass is 9.65. The molecule has 3 nitrogen and oxygen atoms in total. The average molecular weight is 429 g/mol. The van der Waals surface area contributed by atoms with Crippen LogP contribution in [0, 0.1) is 5.41 Å². The van der Waals surface area contributed by atoms with E-state index in [0.717, 1.165) is 35.0 Å². The van der Waals surface area contributed by atoms with Gasteiger partial charge in [0, 0.05) is 15.5 Å². The third-order valence-electron chi connectivity index (χ3n) is 5.90. The van der Waals surface area contributed by atoms with Gasteiger partial charge in [0.15, 0.2) is 5.66 Å². The Bertz CT molecular complexity index is 761. The molecule has 1 N–H and O–H groups in total. The normalized spacial score (nSPS) is 33.9. The van der Waals surface area contributed by atoms with Crippen molar-refractivity contribution in [2.24, 2.45) is 10.4 Å². The summed E-state index contributed by atoms with van der Waals surface area (Å²) in [5, 5.41) is 3.50. The van der Waals surface area contributed by atoms with Crippen LogP contribution in [0.25, 0.3) is 0 Å². The molecule has 2 aliphatic carbocycles. The van der Waals surface area contributed by atoms with Gasteiger partial charge in [0.25, 0.3) is 0 Å². The molecule has 1 saturated carbocycles. The Morgan fingerprint density at radius 2 is 2.08 bits per heavy atom. The van der Waals surface area contributed by atoms with Gasteiger partial charge in [0.05, 0.1) is 11.8 Å². The number of rotatable bonds is 2. The number of benzene rings is 1. The van der Waals surface area contributed by atoms with Gasteiger partial charge >= 0.3 is 6.61 Å². The molecule has 0 aromatic heterocycles. The maximum Gasteiger partial charge on any atom is 0.345 e. The lowest BCUT2D eigenvalue weighted by Gasteiger charge is -2.46. The summed E-state index contributed by atoms with van der Waals surface area (Å²) in [4.78, 5) is 5.68. The first-order valence-corrected chi connectivity index (χ1v) is 9.67. The van der Waals surface area contributed by atoms with Crippen molar-refractivity contribution in [3.8, 4) is 0 Å². The predicted octanol–water partition coefficient (Wildman–Crippen LogP) is 4.72. The predicted molar refractivity (Wildman–Crippen MR) is 100 cm³/mol. The van der Waals surface area contributed by atoms with E-state index in [1.165, 1.54) is 5.56 Å². The molecule has 1 unspecified atom stereocenters. The molecule has 0 saturated heterocycles. The van der Waals surface area contributed by atoms with Crippen LogP contribution in [0.15, 0.2) is 27.7 Å². The van der Waals surface area contributed by atoms with Crippen molar-refractivity contribution in [2.75, 3.05) is 0 Å². The van der Waals surface area contributed by atoms with Crippen molar-refractivity contribution in [1.29, 1.82) is 0 Å². The Morgan fingerprint density at radius 1 is 1.36 bits per heavy atom. The monoisotopic (exact) mass is 428 g/mol. The van der Waals surface area contributed by atoms with Crippen LogP contribution in [-0.4, -0.2) is 23.4 Å². The molecular formula is C18H19BrF2N2OS. The van der Waals surface area contributed by atoms with Gasteiger partial charge in [-0.25, -0.2) is 0 Å². The maximum atomic E-state index is 12.6. The molecule has 2 spiro atoms. The Balaban J connectivity index is 1.73. The molecule has 1 aromatic carbocycles. The number of nitrogens with zero attached hydrogens (tertiary/aromatic N) is 1. The van der Waals surface area contributed by atoms with Gasteiger partial charge in [-0.3, -0.25) is 4.99 Å². The highest BCUT2D eigenvalue weighted by molar-refractivity contribution is 9.10. The molecule has 1 atom stereocenters. The minimum atomic E-state index is -2.71. The van der Waals surface area contributed by atoms with E-state index in [-0.39, 0.29) is 11.5 Å². The third-order valence-corrected chi connectivity index (χ3v) is 6.79. The van der Waals surface area contributed by atoms with Gasteiger partial charge < -0.3 is 10.1 Å². The Morgan fingerprint density at radius 3 is 2.68 bits per heavy atom. The fraction of sp³-hybridized carbons (Fsp3) is 0.556. The molecule has 1 aromatic rings. The first-order valence-electron chi connectivity index (χ1n) is 8.47. The Labute approximate surface area is 159 Å². The minimum absolute atomic E-state index is 0.153. The van der Waals surface area contributed by atoms with E-state index in [1.54, 1.807) is 0 Å². The molecule has 0 radical (unpaired) electrons. The molecule has 1 aliphatic heterocycles. The summed E-state index contributed by atoms with van der Waals surface area (Å²) in [5.41, 5.74) is 2.51. The van der Waals surface area contributed by atoms with Crippen LogP contribution in [0.5, 0.6) is 0 Å². The van der Waals surface area contributed by atoms with E-state index in [0.29, 0.717) is 17.8 Å². The zero-order chi connectivity index (χ0) is 17.8. The standard InChI is InChI=1S/C18H19BrF2N2OS/c1-10-15(25)23-18(22-10)14-8-12(19)3-2-11(14)9-17(18)6-4-13(5-7-17)24-16(20)21/h2-3,8,13,16H,4-7,9H2,1H3,(H,23,25)/t13-,17-,18?. The molecule has 25 heavy (non-hydrogen) atoms. The van der Waals surface area contributed by atoms with Gasteiger partial charge in [-0.15, -0.1) is 0 Å². The second kappa shape index (κ2) is 6.06. The number of thiocarbonyl (C=S) groups is 1. The number of aliphatic imine (C=N–C) groups is 1. The summed E-state index contributed by atoms with van der Waals surface area (Å²) < 4.78 is 30.9. The summed E-state index contributed by atoms with van der Waals surface area (Å²) in [7, 11) is 0. The summed E-state index contributed by atoms with van der Waals surface area (Å²) in [6.45, 7) is -0.776. The van der Waals surface area contributed by atoms with Gasteiger partial charge in [0.1, 0.15) is 4.99 Å². The van der Waals surface area contributed by atoms with Gasteiger partial charge in [0.2, 0.25) is 0 Å². The Kier molecular flexibility index (Phi) is 4.24. The molecule has 1 fully saturated rings. The smallest absolute Gasteiger partial charge is 0.345 e. The van der Waals surface area contributed by atoms with Gasteiger partial charge in [-0.1, -0.05) is 34.2 Å². The molecular weight excluding hydrogens is 410 g/mol. The second-order valence-electron chi connectivity index (χ2n) is 7.22. The van der Waals surface area contributed by atoms with Gasteiger partial charge in [-0.05, 0) is 56.7 Å². The summed E-state index contributed by atoms with van der Waals surface area (Å²) >= 11 is 9.03. The fourth-order valence-corrected chi connectivity index (χ4v) is 5.30. The molecule has 134 valence electrons. The van der Waals surface area contributed by atoms with Crippen LogP contribution in [0.4, 0.5) is 8.78 Å². The van der Waals surface area contributed by atoms with Gasteiger partial charge in [-0.2, -0.15) is 8.78 Å². The minimum Gasteiger partial charge on any atom is -0.347 e. The molecule has 4 rings (SSSR count). The third kappa shape index (κ3) is 2.66. The van der Waals surface area contributed by atoms with Crippen LogP contribution >= 0.6 is 28.1 Å². The van der Waals surface area contributed by atoms with Crippen LogP contribution in [0.3, 0.4) is 0 Å². The molecule has 3 aliphatic rings. The number of halogens is 3. The van der Waals surface area contributed by atoms with E-state index in [1.807, 2.05) is 13.0 Å². The Hall–Kier alpha value is -0.920. The second-order valence-corrected chi connectivity index (χ2v) is 8.54. The number of hydrogen-bond acceptors (Lipinski definition) is 3. The number of hydrogen-bond donors (Lipinski definition) is 1. The number of alkyl halides is 2. The van der Waals surface area contributed by atoms with E-state index < -0.39 is 12.3 Å². The van der Waals surface area contributed by atoms with Crippen molar-refractivity contribution < 1.29 is 13.5 Å². The van der Waals surface area contributed by atoms with Crippen LogP contribution < -0.4 is 5.32 Å². The quantitative estimate of drug-likeness (QED) is 0.691. The molecule has 0 amide bonds. The topological polar surface area (TPSA) is 33.6 Å². The number of fused-ring (bicyclic) bond motifs is 3. The van der Waals surface area contributed by atoms with Crippen LogP contribution in [-0.2, 0) is 16.8 Å². The van der Waals surface area contributed by atoms with Crippen molar-refractivity contribution in [3.05, 3.63) is 33.8 Å². The first kappa shape index (κ1) is 17.5. The lowest BCUT2D eigenvalue weighted by Crippen LogP contribution is -2.52. The summed E-state index contributed by atoms with van der Waals surface area (Å²) in [6.07, 6.45) is 3.29. The molecule has 7 heteroatoms. The van der Waals surface area contributed by atoms with E-state index >= 15 is 0 Å². The summed E-state index contributed by atoms with van der Waals surface area (Å²) in [6, 6.07) is 6.29. The zero-order valence-corrected chi connectivity index (χ0v) is 16.2. The van der Waals surface area contributed by atoms with E-state index in [2.05, 4.69) is 33.4 Å². The van der Waals surface area contributed by atoms with Crippen LogP contribution in [0.2, 0.25) is 0 Å². The van der Waals surface area contributed by atoms with Crippen molar-refractivity contribution in [1.82, 2.24) is 5.32 Å². The SMILES string of the molecule is CC1=NC2(NC1=S)c1cc(Br)ccc1C[C@]21CC[C@@H](OC(F)F)CC1. The first-order chi connectivity index (χ1) is 11.9. The zero-order valence-electron chi connectivity index (χ0n) is 13.8. The largest absolute Gasteiger partial charge is 0.347 e. The highest BCUT2D eigenvalue weighted by Crippen LogP contribution is 2.60. The number of ether oxygens (including phenoxy) is 1. The summed E-state index contributed by atoms with van der Waals surface area (Å²) in [5.74, 6) is 0. The molecule has 1 heterocycles. The van der Waals surface area contributed by atoms with Crippen molar-refractivity contribution in [2.45, 2.75) is 57.4 Å². The molecule has 0 bridgehead atoms. The van der Waals surface area contributed by atoms with E-state index in [4.69, 9.17) is 21.9 Å². The lowest BCUT2D eigenvalue weighted by molar-refractivity contribution is -0.177. The van der Waals surface area contributed by atoms with E-state index in [9.17, 15) is 8.78 Å². The highest BCUT2D eigenvalue weighted by Gasteiger charge is 2.61. The number of nitrogens with one attached hydrogen (secondary N) is 1. The maximum absolute atomic E-state index is 12.6.